The molecule has 0 heterocycles. The highest BCUT2D eigenvalue weighted by Crippen LogP contribution is 1.96. The number of hydrogen-bond donors (Lipinski definition) is 1. The van der Waals surface area contributed by atoms with Gasteiger partial charge in [-0.15, -0.1) is 0 Å². The highest BCUT2D eigenvalue weighted by Gasteiger charge is 1.90. The Morgan fingerprint density at radius 3 is 2.58 bits per heavy atom. The largest absolute Gasteiger partial charge is 0.395 e. The molecule has 1 rings (SSSR count). The molecule has 1 aromatic carbocycles. The predicted octanol–water partition coefficient (Wildman–Crippen LogP) is 1.67. The van der Waals surface area contributed by atoms with Crippen LogP contribution in [0.3, 0.4) is 0 Å². The van der Waals surface area contributed by atoms with Crippen molar-refractivity contribution in [2.24, 2.45) is 5.92 Å². The molecular formula is C11H12O. The minimum absolute atomic E-state index is 0.0604. The molecule has 1 aromatic rings. The Bertz CT molecular complexity index is 279. The summed E-state index contributed by atoms with van der Waals surface area (Å²) in [5, 5.41) is 8.71. The second-order valence-corrected chi connectivity index (χ2v) is 2.72. The summed E-state index contributed by atoms with van der Waals surface area (Å²) in [5.41, 5.74) is 0.998. The molecule has 0 saturated carbocycles. The summed E-state index contributed by atoms with van der Waals surface area (Å²) in [6.45, 7) is 2.02. The standard InChI is InChI=1S/C11H12O/c1-10(9-12)7-8-11-5-3-2-4-6-11/h2-6,10,12H,9H2,1H3. The van der Waals surface area contributed by atoms with Crippen LogP contribution in [0.5, 0.6) is 0 Å². The molecule has 12 heavy (non-hydrogen) atoms. The smallest absolute Gasteiger partial charge is 0.0566 e. The zero-order valence-corrected chi connectivity index (χ0v) is 7.12. The average molecular weight is 160 g/mol. The molecule has 0 aliphatic rings. The number of aliphatic hydroxyl groups is 1. The summed E-state index contributed by atoms with van der Waals surface area (Å²) in [7, 11) is 0. The van der Waals surface area contributed by atoms with E-state index < -0.39 is 0 Å². The third-order valence-electron chi connectivity index (χ3n) is 1.51. The van der Waals surface area contributed by atoms with Crippen molar-refractivity contribution >= 4 is 0 Å². The van der Waals surface area contributed by atoms with Crippen LogP contribution in [0.1, 0.15) is 12.5 Å². The van der Waals surface area contributed by atoms with E-state index >= 15 is 0 Å². The molecule has 1 heteroatoms. The number of benzene rings is 1. The SMILES string of the molecule is CC(C#Cc1ccccc1)CO. The summed E-state index contributed by atoms with van der Waals surface area (Å²) in [4.78, 5) is 0. The fraction of sp³-hybridized carbons (Fsp3) is 0.273. The minimum atomic E-state index is 0.0604. The molecule has 0 aliphatic heterocycles. The van der Waals surface area contributed by atoms with Gasteiger partial charge in [-0.05, 0) is 19.1 Å². The second kappa shape index (κ2) is 4.58. The first-order chi connectivity index (χ1) is 5.83. The van der Waals surface area contributed by atoms with Gasteiger partial charge in [0.15, 0.2) is 0 Å². The lowest BCUT2D eigenvalue weighted by molar-refractivity contribution is 0.266. The van der Waals surface area contributed by atoms with Gasteiger partial charge in [-0.1, -0.05) is 30.0 Å². The van der Waals surface area contributed by atoms with Crippen LogP contribution >= 0.6 is 0 Å². The topological polar surface area (TPSA) is 20.2 Å². The van der Waals surface area contributed by atoms with Crippen molar-refractivity contribution < 1.29 is 5.11 Å². The third-order valence-corrected chi connectivity index (χ3v) is 1.51. The van der Waals surface area contributed by atoms with E-state index in [4.69, 9.17) is 5.11 Å². The van der Waals surface area contributed by atoms with Gasteiger partial charge in [0.25, 0.3) is 0 Å². The first-order valence-corrected chi connectivity index (χ1v) is 4.00. The first kappa shape index (κ1) is 8.83. The Labute approximate surface area is 73.0 Å². The van der Waals surface area contributed by atoms with Crippen molar-refractivity contribution in [2.75, 3.05) is 6.61 Å². The number of rotatable bonds is 1. The first-order valence-electron chi connectivity index (χ1n) is 4.00. The Morgan fingerprint density at radius 1 is 1.33 bits per heavy atom. The monoisotopic (exact) mass is 160 g/mol. The van der Waals surface area contributed by atoms with Crippen LogP contribution in [0.2, 0.25) is 0 Å². The van der Waals surface area contributed by atoms with Gasteiger partial charge in [0.05, 0.1) is 6.61 Å². The second-order valence-electron chi connectivity index (χ2n) is 2.72. The van der Waals surface area contributed by atoms with Crippen LogP contribution < -0.4 is 0 Å². The van der Waals surface area contributed by atoms with Crippen molar-refractivity contribution in [1.29, 1.82) is 0 Å². The van der Waals surface area contributed by atoms with Gasteiger partial charge in [-0.2, -0.15) is 0 Å². The molecule has 0 aliphatic carbocycles. The third kappa shape index (κ3) is 2.77. The van der Waals surface area contributed by atoms with Gasteiger partial charge in [-0.25, -0.2) is 0 Å². The summed E-state index contributed by atoms with van der Waals surface area (Å²) < 4.78 is 0. The summed E-state index contributed by atoms with van der Waals surface area (Å²) in [6, 6.07) is 9.77. The van der Waals surface area contributed by atoms with Gasteiger partial charge in [0, 0.05) is 11.5 Å². The lowest BCUT2D eigenvalue weighted by Crippen LogP contribution is -1.95. The summed E-state index contributed by atoms with van der Waals surface area (Å²) in [6.07, 6.45) is 0. The molecule has 1 N–H and O–H groups in total. The highest BCUT2D eigenvalue weighted by molar-refractivity contribution is 5.33. The van der Waals surface area contributed by atoms with E-state index in [9.17, 15) is 0 Å². The van der Waals surface area contributed by atoms with Gasteiger partial charge in [0.1, 0.15) is 0 Å². The molecule has 0 saturated heterocycles. The van der Waals surface area contributed by atoms with Gasteiger partial charge in [-0.3, -0.25) is 0 Å². The van der Waals surface area contributed by atoms with Crippen LogP contribution in [-0.4, -0.2) is 11.7 Å². The van der Waals surface area contributed by atoms with Crippen molar-refractivity contribution in [3.63, 3.8) is 0 Å². The quantitative estimate of drug-likeness (QED) is 0.619. The lowest BCUT2D eigenvalue weighted by atomic mass is 10.1. The van der Waals surface area contributed by atoms with Crippen molar-refractivity contribution in [2.45, 2.75) is 6.92 Å². The Balaban J connectivity index is 2.67. The maximum atomic E-state index is 8.71. The maximum absolute atomic E-state index is 8.71. The van der Waals surface area contributed by atoms with E-state index in [0.717, 1.165) is 5.56 Å². The molecule has 1 atom stereocenters. The Kier molecular flexibility index (Phi) is 3.37. The van der Waals surface area contributed by atoms with Gasteiger partial charge >= 0.3 is 0 Å². The molecule has 0 bridgehead atoms. The summed E-state index contributed by atoms with van der Waals surface area (Å²) >= 11 is 0. The highest BCUT2D eigenvalue weighted by atomic mass is 16.3. The van der Waals surface area contributed by atoms with E-state index in [0.29, 0.717) is 0 Å². The maximum Gasteiger partial charge on any atom is 0.0566 e. The lowest BCUT2D eigenvalue weighted by Gasteiger charge is -1.93. The fourth-order valence-corrected chi connectivity index (χ4v) is 0.774. The molecular weight excluding hydrogens is 148 g/mol. The van der Waals surface area contributed by atoms with Crippen molar-refractivity contribution in [3.8, 4) is 11.8 Å². The van der Waals surface area contributed by atoms with E-state index in [1.54, 1.807) is 0 Å². The van der Waals surface area contributed by atoms with E-state index in [1.165, 1.54) is 0 Å². The van der Waals surface area contributed by atoms with Crippen molar-refractivity contribution in [3.05, 3.63) is 35.9 Å². The van der Waals surface area contributed by atoms with Gasteiger partial charge < -0.3 is 5.11 Å². The normalized spacial score (nSPS) is 11.5. The van der Waals surface area contributed by atoms with Crippen LogP contribution in [0.15, 0.2) is 30.3 Å². The zero-order chi connectivity index (χ0) is 8.81. The Hall–Kier alpha value is -1.26. The Morgan fingerprint density at radius 2 is 2.00 bits per heavy atom. The number of aliphatic hydroxyl groups excluding tert-OH is 1. The fourth-order valence-electron chi connectivity index (χ4n) is 0.774. The molecule has 0 spiro atoms. The van der Waals surface area contributed by atoms with Crippen LogP contribution in [0.25, 0.3) is 0 Å². The van der Waals surface area contributed by atoms with Crippen LogP contribution in [0, 0.1) is 17.8 Å². The number of hydrogen-bond acceptors (Lipinski definition) is 1. The van der Waals surface area contributed by atoms with Crippen LogP contribution in [-0.2, 0) is 0 Å². The minimum Gasteiger partial charge on any atom is -0.395 e. The predicted molar refractivity (Wildman–Crippen MR) is 49.6 cm³/mol. The molecule has 0 fully saturated rings. The summed E-state index contributed by atoms with van der Waals surface area (Å²) in [5.74, 6) is 5.99. The van der Waals surface area contributed by atoms with Crippen LogP contribution in [0.4, 0.5) is 0 Å². The van der Waals surface area contributed by atoms with E-state index in [1.807, 2.05) is 37.3 Å². The molecule has 62 valence electrons. The molecule has 1 unspecified atom stereocenters. The zero-order valence-electron chi connectivity index (χ0n) is 7.12. The molecule has 0 aromatic heterocycles. The van der Waals surface area contributed by atoms with E-state index in [-0.39, 0.29) is 12.5 Å². The molecule has 1 nitrogen and oxygen atoms in total. The average Bonchev–Trinajstić information content (AvgIpc) is 2.16. The molecule has 0 radical (unpaired) electrons. The van der Waals surface area contributed by atoms with E-state index in [2.05, 4.69) is 11.8 Å². The van der Waals surface area contributed by atoms with Crippen molar-refractivity contribution in [1.82, 2.24) is 0 Å². The van der Waals surface area contributed by atoms with Gasteiger partial charge in [0.2, 0.25) is 0 Å². The molecule has 0 amide bonds.